The van der Waals surface area contributed by atoms with E-state index in [9.17, 15) is 0 Å². The zero-order chi connectivity index (χ0) is 8.93. The first-order chi connectivity index (χ1) is 6.45. The van der Waals surface area contributed by atoms with E-state index in [1.807, 2.05) is 12.1 Å². The Morgan fingerprint density at radius 1 is 1.31 bits per heavy atom. The molecular weight excluding hydrogens is 166 g/mol. The molecule has 0 aliphatic heterocycles. The van der Waals surface area contributed by atoms with Crippen molar-refractivity contribution in [3.63, 3.8) is 0 Å². The highest BCUT2D eigenvalue weighted by molar-refractivity contribution is 5.78. The first-order valence-electron chi connectivity index (χ1n) is 3.74. The van der Waals surface area contributed by atoms with E-state index < -0.39 is 0 Å². The summed E-state index contributed by atoms with van der Waals surface area (Å²) in [7, 11) is 0. The fourth-order valence-electron chi connectivity index (χ4n) is 0.841. The fourth-order valence-corrected chi connectivity index (χ4v) is 0.841. The van der Waals surface area contributed by atoms with Crippen molar-refractivity contribution >= 4 is 6.21 Å². The molecule has 0 aliphatic rings. The molecule has 0 spiro atoms. The number of hydrogen-bond acceptors (Lipinski definition) is 4. The van der Waals surface area contributed by atoms with Crippen LogP contribution in [0, 0.1) is 0 Å². The van der Waals surface area contributed by atoms with E-state index >= 15 is 0 Å². The van der Waals surface area contributed by atoms with Gasteiger partial charge in [0.25, 0.3) is 0 Å². The van der Waals surface area contributed by atoms with Gasteiger partial charge in [0, 0.05) is 18.0 Å². The molecule has 0 radical (unpaired) electrons. The molecule has 5 nitrogen and oxygen atoms in total. The Bertz CT molecular complexity index is 378. The van der Waals surface area contributed by atoms with Crippen molar-refractivity contribution in [3.05, 3.63) is 42.7 Å². The van der Waals surface area contributed by atoms with E-state index in [1.54, 1.807) is 18.6 Å². The van der Waals surface area contributed by atoms with Crippen LogP contribution in [0.3, 0.4) is 0 Å². The van der Waals surface area contributed by atoms with Crippen molar-refractivity contribution in [3.8, 4) is 0 Å². The third-order valence-electron chi connectivity index (χ3n) is 1.43. The highest BCUT2D eigenvalue weighted by Crippen LogP contribution is 1.91. The van der Waals surface area contributed by atoms with Gasteiger partial charge in [-0.1, -0.05) is 6.07 Å². The summed E-state index contributed by atoms with van der Waals surface area (Å²) >= 11 is 0. The Labute approximate surface area is 74.8 Å². The first kappa shape index (κ1) is 7.60. The van der Waals surface area contributed by atoms with Crippen LogP contribution in [0.15, 0.2) is 42.3 Å². The van der Waals surface area contributed by atoms with Crippen LogP contribution in [-0.4, -0.2) is 26.1 Å². The minimum Gasteiger partial charge on any atom is -0.264 e. The Morgan fingerprint density at radius 3 is 2.85 bits per heavy atom. The lowest BCUT2D eigenvalue weighted by Gasteiger charge is -1.89. The third kappa shape index (κ3) is 1.96. The molecule has 2 aromatic rings. The maximum absolute atomic E-state index is 4.06. The summed E-state index contributed by atoms with van der Waals surface area (Å²) in [5.41, 5.74) is 0.941. The van der Waals surface area contributed by atoms with Crippen molar-refractivity contribution < 1.29 is 0 Å². The van der Waals surface area contributed by atoms with Crippen LogP contribution in [0.4, 0.5) is 0 Å². The second-order valence-corrected chi connectivity index (χ2v) is 2.37. The maximum Gasteiger partial charge on any atom is 0.141 e. The van der Waals surface area contributed by atoms with Gasteiger partial charge in [-0.3, -0.25) is 4.98 Å². The standard InChI is InChI=1S/C8H7N5/c1-2-8(4-9-3-1)5-12-13-6-10-11-7-13/h1-7H/b12-5-. The normalized spacial score (nSPS) is 10.8. The quantitative estimate of drug-likeness (QED) is 0.623. The van der Waals surface area contributed by atoms with Crippen LogP contribution >= 0.6 is 0 Å². The average molecular weight is 173 g/mol. The molecule has 0 amide bonds. The molecule has 13 heavy (non-hydrogen) atoms. The van der Waals surface area contributed by atoms with Crippen molar-refractivity contribution in [1.29, 1.82) is 0 Å². The molecule has 0 atom stereocenters. The van der Waals surface area contributed by atoms with E-state index in [4.69, 9.17) is 0 Å². The zero-order valence-corrected chi connectivity index (χ0v) is 6.78. The Balaban J connectivity index is 2.15. The van der Waals surface area contributed by atoms with Gasteiger partial charge in [0.1, 0.15) is 12.7 Å². The molecule has 0 saturated heterocycles. The summed E-state index contributed by atoms with van der Waals surface area (Å²) in [6, 6.07) is 3.77. The van der Waals surface area contributed by atoms with Crippen LogP contribution in [0.2, 0.25) is 0 Å². The SMILES string of the molecule is C(=N/n1cnnc1)/c1cccnc1. The van der Waals surface area contributed by atoms with E-state index in [2.05, 4.69) is 20.3 Å². The van der Waals surface area contributed by atoms with Gasteiger partial charge in [-0.2, -0.15) is 5.10 Å². The summed E-state index contributed by atoms with van der Waals surface area (Å²) in [6.45, 7) is 0. The molecule has 0 aliphatic carbocycles. The lowest BCUT2D eigenvalue weighted by molar-refractivity contribution is 0.878. The lowest BCUT2D eigenvalue weighted by Crippen LogP contribution is -1.87. The minimum absolute atomic E-state index is 0.941. The summed E-state index contributed by atoms with van der Waals surface area (Å²) in [6.07, 6.45) is 8.18. The molecule has 0 bridgehead atoms. The van der Waals surface area contributed by atoms with Crippen molar-refractivity contribution in [1.82, 2.24) is 19.9 Å². The van der Waals surface area contributed by atoms with Gasteiger partial charge < -0.3 is 0 Å². The van der Waals surface area contributed by atoms with Crippen LogP contribution in [0.25, 0.3) is 0 Å². The maximum atomic E-state index is 4.06. The Kier molecular flexibility index (Phi) is 2.09. The monoisotopic (exact) mass is 173 g/mol. The topological polar surface area (TPSA) is 56.0 Å². The fraction of sp³-hybridized carbons (Fsp3) is 0. The molecule has 0 N–H and O–H groups in total. The predicted molar refractivity (Wildman–Crippen MR) is 47.3 cm³/mol. The molecule has 0 aromatic carbocycles. The second-order valence-electron chi connectivity index (χ2n) is 2.37. The van der Waals surface area contributed by atoms with E-state index in [0.717, 1.165) is 5.56 Å². The van der Waals surface area contributed by atoms with Crippen molar-refractivity contribution in [2.75, 3.05) is 0 Å². The van der Waals surface area contributed by atoms with Gasteiger partial charge in [0.2, 0.25) is 0 Å². The number of pyridine rings is 1. The van der Waals surface area contributed by atoms with Gasteiger partial charge in [-0.25, -0.2) is 4.68 Å². The van der Waals surface area contributed by atoms with Crippen LogP contribution < -0.4 is 0 Å². The van der Waals surface area contributed by atoms with E-state index in [0.29, 0.717) is 0 Å². The predicted octanol–water partition coefficient (Wildman–Crippen LogP) is 0.555. The Morgan fingerprint density at radius 2 is 2.15 bits per heavy atom. The van der Waals surface area contributed by atoms with Gasteiger partial charge >= 0.3 is 0 Å². The molecule has 2 aromatic heterocycles. The van der Waals surface area contributed by atoms with Crippen molar-refractivity contribution in [2.24, 2.45) is 5.10 Å². The van der Waals surface area contributed by atoms with Crippen LogP contribution in [0.1, 0.15) is 5.56 Å². The third-order valence-corrected chi connectivity index (χ3v) is 1.43. The molecule has 2 rings (SSSR count). The highest BCUT2D eigenvalue weighted by atomic mass is 15.4. The van der Waals surface area contributed by atoms with Crippen LogP contribution in [0.5, 0.6) is 0 Å². The largest absolute Gasteiger partial charge is 0.264 e. The molecule has 2 heterocycles. The van der Waals surface area contributed by atoms with Gasteiger partial charge in [0.15, 0.2) is 0 Å². The average Bonchev–Trinajstić information content (AvgIpc) is 2.69. The summed E-state index contributed by atoms with van der Waals surface area (Å²) in [5, 5.41) is 11.3. The number of nitrogens with zero attached hydrogens (tertiary/aromatic N) is 5. The molecule has 64 valence electrons. The zero-order valence-electron chi connectivity index (χ0n) is 6.78. The smallest absolute Gasteiger partial charge is 0.141 e. The molecule has 0 fully saturated rings. The van der Waals surface area contributed by atoms with Gasteiger partial charge in [-0.05, 0) is 6.07 Å². The van der Waals surface area contributed by atoms with E-state index in [-0.39, 0.29) is 0 Å². The number of hydrogen-bond donors (Lipinski definition) is 0. The summed E-state index contributed by atoms with van der Waals surface area (Å²) < 4.78 is 1.52. The Hall–Kier alpha value is -2.04. The molecule has 0 saturated carbocycles. The van der Waals surface area contributed by atoms with Crippen molar-refractivity contribution in [2.45, 2.75) is 0 Å². The number of aromatic nitrogens is 4. The second kappa shape index (κ2) is 3.57. The minimum atomic E-state index is 0.941. The van der Waals surface area contributed by atoms with E-state index in [1.165, 1.54) is 17.3 Å². The van der Waals surface area contributed by atoms with Gasteiger partial charge in [0.05, 0.1) is 6.21 Å². The molecular formula is C8H7N5. The lowest BCUT2D eigenvalue weighted by atomic mass is 10.3. The first-order valence-corrected chi connectivity index (χ1v) is 3.74. The van der Waals surface area contributed by atoms with Crippen LogP contribution in [-0.2, 0) is 0 Å². The summed E-state index contributed by atoms with van der Waals surface area (Å²) in [5.74, 6) is 0. The number of rotatable bonds is 2. The highest BCUT2D eigenvalue weighted by Gasteiger charge is 1.85. The van der Waals surface area contributed by atoms with Gasteiger partial charge in [-0.15, -0.1) is 10.2 Å². The molecule has 5 heteroatoms. The molecule has 0 unspecified atom stereocenters. The summed E-state index contributed by atoms with van der Waals surface area (Å²) in [4.78, 5) is 3.95.